The van der Waals surface area contributed by atoms with Crippen LogP contribution in [-0.2, 0) is 4.74 Å². The summed E-state index contributed by atoms with van der Waals surface area (Å²) in [4.78, 5) is 13.9. The number of hydrogen-bond acceptors (Lipinski definition) is 5. The molecule has 0 fully saturated rings. The summed E-state index contributed by atoms with van der Waals surface area (Å²) < 4.78 is 12.3. The lowest BCUT2D eigenvalue weighted by Gasteiger charge is -2.14. The molecule has 0 atom stereocenters. The van der Waals surface area contributed by atoms with Crippen molar-refractivity contribution < 1.29 is 14.3 Å². The monoisotopic (exact) mass is 291 g/mol. The standard InChI is InChI=1S/C15H21N3O3/c1-4-17(3)8-9-21-12-6-7-14-13(15(19)20-5-2)10-16-18(14)11-12/h6-7,10-11H,4-5,8-9H2,1-3H3. The molecule has 6 nitrogen and oxygen atoms in total. The summed E-state index contributed by atoms with van der Waals surface area (Å²) in [6, 6.07) is 3.66. The molecule has 6 heteroatoms. The van der Waals surface area contributed by atoms with Crippen LogP contribution >= 0.6 is 0 Å². The molecule has 2 rings (SSSR count). The van der Waals surface area contributed by atoms with E-state index in [4.69, 9.17) is 9.47 Å². The van der Waals surface area contributed by atoms with E-state index in [2.05, 4.69) is 16.9 Å². The Balaban J connectivity index is 2.07. The van der Waals surface area contributed by atoms with E-state index in [1.807, 2.05) is 19.2 Å². The second-order valence-electron chi connectivity index (χ2n) is 4.72. The second kappa shape index (κ2) is 7.08. The van der Waals surface area contributed by atoms with Gasteiger partial charge in [-0.2, -0.15) is 5.10 Å². The number of pyridine rings is 1. The van der Waals surface area contributed by atoms with Gasteiger partial charge in [0.1, 0.15) is 17.9 Å². The molecule has 0 amide bonds. The van der Waals surface area contributed by atoms with Crippen LogP contribution in [0.4, 0.5) is 0 Å². The zero-order valence-electron chi connectivity index (χ0n) is 12.7. The van der Waals surface area contributed by atoms with E-state index in [0.29, 0.717) is 24.3 Å². The van der Waals surface area contributed by atoms with E-state index in [1.54, 1.807) is 17.6 Å². The SMILES string of the molecule is CCOC(=O)c1cnn2cc(OCCN(C)CC)ccc12. The minimum Gasteiger partial charge on any atom is -0.491 e. The largest absolute Gasteiger partial charge is 0.491 e. The van der Waals surface area contributed by atoms with Crippen LogP contribution in [0.15, 0.2) is 24.5 Å². The molecule has 0 N–H and O–H groups in total. The molecule has 0 spiro atoms. The summed E-state index contributed by atoms with van der Waals surface area (Å²) in [6.07, 6.45) is 3.28. The summed E-state index contributed by atoms with van der Waals surface area (Å²) in [5, 5.41) is 4.17. The Morgan fingerprint density at radius 1 is 1.38 bits per heavy atom. The number of ether oxygens (including phenoxy) is 2. The highest BCUT2D eigenvalue weighted by molar-refractivity contribution is 5.96. The average molecular weight is 291 g/mol. The lowest BCUT2D eigenvalue weighted by atomic mass is 10.2. The first-order valence-corrected chi connectivity index (χ1v) is 7.11. The molecule has 0 bridgehead atoms. The van der Waals surface area contributed by atoms with Crippen LogP contribution in [0.5, 0.6) is 5.75 Å². The predicted octanol–water partition coefficient (Wildman–Crippen LogP) is 1.84. The third-order valence-electron chi connectivity index (χ3n) is 3.27. The van der Waals surface area contributed by atoms with Gasteiger partial charge in [-0.3, -0.25) is 0 Å². The number of esters is 1. The van der Waals surface area contributed by atoms with Crippen molar-refractivity contribution in [2.24, 2.45) is 0 Å². The van der Waals surface area contributed by atoms with Crippen molar-refractivity contribution in [1.29, 1.82) is 0 Å². The van der Waals surface area contributed by atoms with Gasteiger partial charge in [-0.15, -0.1) is 0 Å². The summed E-state index contributed by atoms with van der Waals surface area (Å²) in [7, 11) is 2.05. The van der Waals surface area contributed by atoms with Crippen molar-refractivity contribution in [2.75, 3.05) is 33.4 Å². The fourth-order valence-corrected chi connectivity index (χ4v) is 1.89. The normalized spacial score (nSPS) is 11.0. The van der Waals surface area contributed by atoms with Crippen molar-refractivity contribution in [2.45, 2.75) is 13.8 Å². The van der Waals surface area contributed by atoms with Crippen molar-refractivity contribution in [3.63, 3.8) is 0 Å². The molecule has 21 heavy (non-hydrogen) atoms. The molecule has 114 valence electrons. The topological polar surface area (TPSA) is 56.1 Å². The van der Waals surface area contributed by atoms with Crippen LogP contribution in [-0.4, -0.2) is 53.8 Å². The van der Waals surface area contributed by atoms with Crippen molar-refractivity contribution in [3.05, 3.63) is 30.1 Å². The fraction of sp³-hybridized carbons (Fsp3) is 0.467. The van der Waals surface area contributed by atoms with Gasteiger partial charge in [-0.25, -0.2) is 9.31 Å². The fourth-order valence-electron chi connectivity index (χ4n) is 1.89. The van der Waals surface area contributed by atoms with Gasteiger partial charge in [0.05, 0.1) is 24.5 Å². The van der Waals surface area contributed by atoms with Gasteiger partial charge in [0.2, 0.25) is 0 Å². The molecule has 0 aromatic carbocycles. The lowest BCUT2D eigenvalue weighted by molar-refractivity contribution is 0.0528. The highest BCUT2D eigenvalue weighted by atomic mass is 16.5. The quantitative estimate of drug-likeness (QED) is 0.729. The summed E-state index contributed by atoms with van der Waals surface area (Å²) in [5.41, 5.74) is 1.18. The summed E-state index contributed by atoms with van der Waals surface area (Å²) in [5.74, 6) is 0.372. The van der Waals surface area contributed by atoms with Crippen LogP contribution in [0.25, 0.3) is 5.52 Å². The Labute approximate surface area is 124 Å². The molecule has 0 saturated heterocycles. The molecule has 2 aromatic heterocycles. The minimum atomic E-state index is -0.356. The first kappa shape index (κ1) is 15.3. The number of carbonyl (C=O) groups excluding carboxylic acids is 1. The molecule has 0 unspecified atom stereocenters. The van der Waals surface area contributed by atoms with Crippen molar-refractivity contribution in [1.82, 2.24) is 14.5 Å². The molecule has 0 aliphatic heterocycles. The van der Waals surface area contributed by atoms with E-state index in [1.165, 1.54) is 6.20 Å². The Morgan fingerprint density at radius 2 is 2.19 bits per heavy atom. The Kier molecular flexibility index (Phi) is 5.16. The van der Waals surface area contributed by atoms with E-state index >= 15 is 0 Å². The molecule has 2 aromatic rings. The van der Waals surface area contributed by atoms with Crippen LogP contribution in [0.1, 0.15) is 24.2 Å². The second-order valence-corrected chi connectivity index (χ2v) is 4.72. The Bertz CT molecular complexity index is 609. The van der Waals surface area contributed by atoms with Gasteiger partial charge in [-0.1, -0.05) is 6.92 Å². The summed E-state index contributed by atoms with van der Waals surface area (Å²) in [6.45, 7) is 6.70. The number of hydrogen-bond donors (Lipinski definition) is 0. The molecule has 0 aliphatic carbocycles. The molecular formula is C15H21N3O3. The van der Waals surface area contributed by atoms with Crippen LogP contribution in [0, 0.1) is 0 Å². The van der Waals surface area contributed by atoms with Crippen molar-refractivity contribution in [3.8, 4) is 5.75 Å². The predicted molar refractivity (Wildman–Crippen MR) is 79.8 cm³/mol. The van der Waals surface area contributed by atoms with E-state index in [0.717, 1.165) is 18.8 Å². The third kappa shape index (κ3) is 3.72. The van der Waals surface area contributed by atoms with Gasteiger partial charge >= 0.3 is 5.97 Å². The molecule has 0 saturated carbocycles. The van der Waals surface area contributed by atoms with E-state index in [9.17, 15) is 4.79 Å². The van der Waals surface area contributed by atoms with Crippen LogP contribution in [0.2, 0.25) is 0 Å². The third-order valence-corrected chi connectivity index (χ3v) is 3.27. The van der Waals surface area contributed by atoms with E-state index in [-0.39, 0.29) is 5.97 Å². The lowest BCUT2D eigenvalue weighted by Crippen LogP contribution is -2.23. The maximum Gasteiger partial charge on any atom is 0.341 e. The van der Waals surface area contributed by atoms with Gasteiger partial charge in [-0.05, 0) is 32.6 Å². The van der Waals surface area contributed by atoms with Gasteiger partial charge in [0.15, 0.2) is 0 Å². The Hall–Kier alpha value is -2.08. The number of fused-ring (bicyclic) bond motifs is 1. The highest BCUT2D eigenvalue weighted by Crippen LogP contribution is 2.17. The van der Waals surface area contributed by atoms with Crippen molar-refractivity contribution >= 4 is 11.5 Å². The zero-order valence-corrected chi connectivity index (χ0v) is 12.7. The minimum absolute atomic E-state index is 0.350. The summed E-state index contributed by atoms with van der Waals surface area (Å²) >= 11 is 0. The first-order chi connectivity index (χ1) is 10.2. The number of nitrogens with zero attached hydrogens (tertiary/aromatic N) is 3. The maximum atomic E-state index is 11.8. The van der Waals surface area contributed by atoms with Gasteiger partial charge in [0, 0.05) is 6.54 Å². The maximum absolute atomic E-state index is 11.8. The van der Waals surface area contributed by atoms with Gasteiger partial charge in [0.25, 0.3) is 0 Å². The number of likely N-dealkylation sites (N-methyl/N-ethyl adjacent to an activating group) is 1. The number of carbonyl (C=O) groups is 1. The molecule has 2 heterocycles. The highest BCUT2D eigenvalue weighted by Gasteiger charge is 2.13. The Morgan fingerprint density at radius 3 is 2.90 bits per heavy atom. The van der Waals surface area contributed by atoms with Crippen LogP contribution in [0.3, 0.4) is 0 Å². The molecular weight excluding hydrogens is 270 g/mol. The molecule has 0 radical (unpaired) electrons. The first-order valence-electron chi connectivity index (χ1n) is 7.11. The number of aromatic nitrogens is 2. The average Bonchev–Trinajstić information content (AvgIpc) is 2.90. The molecule has 0 aliphatic rings. The smallest absolute Gasteiger partial charge is 0.341 e. The zero-order chi connectivity index (χ0) is 15.2. The number of rotatable bonds is 7. The van der Waals surface area contributed by atoms with Crippen LogP contribution < -0.4 is 4.74 Å². The van der Waals surface area contributed by atoms with E-state index < -0.39 is 0 Å². The van der Waals surface area contributed by atoms with Gasteiger partial charge < -0.3 is 14.4 Å².